The van der Waals surface area contributed by atoms with Crippen LogP contribution in [0, 0.1) is 6.92 Å². The molecule has 1 heterocycles. The van der Waals surface area contributed by atoms with Crippen LogP contribution in [0.15, 0.2) is 16.5 Å². The molecule has 3 amide bonds. The van der Waals surface area contributed by atoms with Crippen molar-refractivity contribution in [1.29, 1.82) is 0 Å². The molecule has 0 aliphatic carbocycles. The number of imide groups is 1. The summed E-state index contributed by atoms with van der Waals surface area (Å²) in [5.74, 6) is 1.24. The van der Waals surface area contributed by atoms with Crippen LogP contribution in [-0.2, 0) is 16.1 Å². The zero-order valence-corrected chi connectivity index (χ0v) is 12.1. The number of rotatable bonds is 7. The van der Waals surface area contributed by atoms with E-state index in [4.69, 9.17) is 9.15 Å². The van der Waals surface area contributed by atoms with Crippen molar-refractivity contribution in [2.24, 2.45) is 0 Å². The van der Waals surface area contributed by atoms with E-state index in [-0.39, 0.29) is 12.5 Å². The summed E-state index contributed by atoms with van der Waals surface area (Å²) in [6.45, 7) is 3.24. The zero-order chi connectivity index (χ0) is 15.0. The maximum absolute atomic E-state index is 11.6. The summed E-state index contributed by atoms with van der Waals surface area (Å²) in [5.41, 5.74) is 0. The number of carbonyl (C=O) groups excluding carboxylic acids is 2. The van der Waals surface area contributed by atoms with Gasteiger partial charge in [0.2, 0.25) is 5.91 Å². The highest BCUT2D eigenvalue weighted by atomic mass is 16.5. The van der Waals surface area contributed by atoms with E-state index < -0.39 is 6.03 Å². The van der Waals surface area contributed by atoms with Crippen LogP contribution in [0.25, 0.3) is 0 Å². The number of urea groups is 1. The fraction of sp³-hybridized carbons (Fsp3) is 0.538. The number of hydrogen-bond donors (Lipinski definition) is 2. The number of methoxy groups -OCH3 is 1. The van der Waals surface area contributed by atoms with Crippen molar-refractivity contribution < 1.29 is 18.7 Å². The predicted molar refractivity (Wildman–Crippen MR) is 73.2 cm³/mol. The number of amides is 3. The minimum atomic E-state index is -0.519. The Labute approximate surface area is 118 Å². The van der Waals surface area contributed by atoms with Crippen LogP contribution in [0.3, 0.4) is 0 Å². The molecule has 0 fully saturated rings. The average molecular weight is 283 g/mol. The largest absolute Gasteiger partial charge is 0.465 e. The van der Waals surface area contributed by atoms with Crippen molar-refractivity contribution in [2.45, 2.75) is 13.5 Å². The lowest BCUT2D eigenvalue weighted by Crippen LogP contribution is -2.44. The predicted octanol–water partition coefficient (Wildman–Crippen LogP) is 0.492. The Bertz CT molecular complexity index is 445. The van der Waals surface area contributed by atoms with Crippen LogP contribution in [0.2, 0.25) is 0 Å². The Morgan fingerprint density at radius 2 is 2.15 bits per heavy atom. The number of aryl methyl sites for hydroxylation is 1. The van der Waals surface area contributed by atoms with E-state index in [1.165, 1.54) is 7.11 Å². The maximum Gasteiger partial charge on any atom is 0.321 e. The molecule has 0 atom stereocenters. The van der Waals surface area contributed by atoms with Crippen LogP contribution in [0.1, 0.15) is 11.5 Å². The van der Waals surface area contributed by atoms with Crippen LogP contribution < -0.4 is 10.6 Å². The van der Waals surface area contributed by atoms with Gasteiger partial charge >= 0.3 is 6.03 Å². The van der Waals surface area contributed by atoms with E-state index in [0.717, 1.165) is 11.5 Å². The lowest BCUT2D eigenvalue weighted by molar-refractivity contribution is -0.121. The summed E-state index contributed by atoms with van der Waals surface area (Å²) in [6, 6.07) is 3.21. The van der Waals surface area contributed by atoms with E-state index in [2.05, 4.69) is 10.6 Å². The SMILES string of the molecule is COCCNC(=O)NC(=O)CN(C)Cc1ccc(C)o1. The molecule has 0 aliphatic rings. The van der Waals surface area contributed by atoms with Gasteiger partial charge in [-0.15, -0.1) is 0 Å². The minimum absolute atomic E-state index is 0.109. The third-order valence-corrected chi connectivity index (χ3v) is 2.48. The number of carbonyl (C=O) groups is 2. The first-order chi connectivity index (χ1) is 9.51. The molecule has 7 heteroatoms. The number of ether oxygens (including phenoxy) is 1. The Hall–Kier alpha value is -1.86. The van der Waals surface area contributed by atoms with Gasteiger partial charge in [0.05, 0.1) is 19.7 Å². The van der Waals surface area contributed by atoms with Crippen molar-refractivity contribution in [3.05, 3.63) is 23.7 Å². The van der Waals surface area contributed by atoms with Gasteiger partial charge in [-0.3, -0.25) is 15.0 Å². The Morgan fingerprint density at radius 1 is 1.40 bits per heavy atom. The summed E-state index contributed by atoms with van der Waals surface area (Å²) >= 11 is 0. The highest BCUT2D eigenvalue weighted by Gasteiger charge is 2.11. The number of nitrogens with zero attached hydrogens (tertiary/aromatic N) is 1. The third-order valence-electron chi connectivity index (χ3n) is 2.48. The van der Waals surface area contributed by atoms with Crippen molar-refractivity contribution in [3.63, 3.8) is 0 Å². The fourth-order valence-corrected chi connectivity index (χ4v) is 1.61. The first-order valence-corrected chi connectivity index (χ1v) is 6.31. The monoisotopic (exact) mass is 283 g/mol. The van der Waals surface area contributed by atoms with Crippen molar-refractivity contribution in [1.82, 2.24) is 15.5 Å². The molecule has 0 spiro atoms. The number of likely N-dealkylation sites (N-methyl/N-ethyl adjacent to an activating group) is 1. The molecule has 2 N–H and O–H groups in total. The lowest BCUT2D eigenvalue weighted by Gasteiger charge is -2.14. The molecule has 0 unspecified atom stereocenters. The van der Waals surface area contributed by atoms with Gasteiger partial charge < -0.3 is 14.5 Å². The first-order valence-electron chi connectivity index (χ1n) is 6.31. The molecule has 0 saturated carbocycles. The normalized spacial score (nSPS) is 10.6. The molecule has 0 bridgehead atoms. The van der Waals surface area contributed by atoms with Crippen molar-refractivity contribution >= 4 is 11.9 Å². The number of nitrogens with one attached hydrogen (secondary N) is 2. The van der Waals surface area contributed by atoms with Gasteiger partial charge in [-0.25, -0.2) is 4.79 Å². The van der Waals surface area contributed by atoms with Crippen LogP contribution >= 0.6 is 0 Å². The van der Waals surface area contributed by atoms with E-state index >= 15 is 0 Å². The Morgan fingerprint density at radius 3 is 2.75 bits per heavy atom. The molecule has 20 heavy (non-hydrogen) atoms. The summed E-state index contributed by atoms with van der Waals surface area (Å²) < 4.78 is 10.2. The Balaban J connectivity index is 2.25. The maximum atomic E-state index is 11.6. The van der Waals surface area contributed by atoms with Gasteiger partial charge in [0.25, 0.3) is 0 Å². The van der Waals surface area contributed by atoms with E-state index in [1.807, 2.05) is 19.1 Å². The molecule has 1 rings (SSSR count). The van der Waals surface area contributed by atoms with Gasteiger partial charge in [-0.2, -0.15) is 0 Å². The van der Waals surface area contributed by atoms with E-state index in [0.29, 0.717) is 19.7 Å². The summed E-state index contributed by atoms with van der Waals surface area (Å²) in [4.78, 5) is 24.7. The topological polar surface area (TPSA) is 83.8 Å². The third kappa shape index (κ3) is 6.35. The standard InChI is InChI=1S/C13H21N3O4/c1-10-4-5-11(20-10)8-16(2)9-12(17)15-13(18)14-6-7-19-3/h4-5H,6-9H2,1-3H3,(H2,14,15,17,18). The molecule has 112 valence electrons. The second-order valence-corrected chi connectivity index (χ2v) is 4.48. The molecule has 0 aliphatic heterocycles. The molecule has 0 aromatic carbocycles. The van der Waals surface area contributed by atoms with Crippen LogP contribution in [0.5, 0.6) is 0 Å². The second kappa shape index (κ2) is 8.34. The fourth-order valence-electron chi connectivity index (χ4n) is 1.61. The molecule has 1 aromatic rings. The average Bonchev–Trinajstić information content (AvgIpc) is 2.74. The zero-order valence-electron chi connectivity index (χ0n) is 12.1. The summed E-state index contributed by atoms with van der Waals surface area (Å²) in [5, 5.41) is 4.75. The highest BCUT2D eigenvalue weighted by Crippen LogP contribution is 2.08. The quantitative estimate of drug-likeness (QED) is 0.712. The number of furan rings is 1. The van der Waals surface area contributed by atoms with Gasteiger partial charge in [-0.1, -0.05) is 0 Å². The van der Waals surface area contributed by atoms with Gasteiger partial charge in [0.1, 0.15) is 11.5 Å². The molecular weight excluding hydrogens is 262 g/mol. The molecule has 0 radical (unpaired) electrons. The first kappa shape index (κ1) is 16.2. The van der Waals surface area contributed by atoms with Gasteiger partial charge in [0.15, 0.2) is 0 Å². The molecule has 0 saturated heterocycles. The van der Waals surface area contributed by atoms with Gasteiger partial charge in [0, 0.05) is 13.7 Å². The highest BCUT2D eigenvalue weighted by molar-refractivity contribution is 5.95. The summed E-state index contributed by atoms with van der Waals surface area (Å²) in [7, 11) is 3.32. The second-order valence-electron chi connectivity index (χ2n) is 4.48. The smallest absolute Gasteiger partial charge is 0.321 e. The lowest BCUT2D eigenvalue weighted by atomic mass is 10.4. The van der Waals surface area contributed by atoms with Gasteiger partial charge in [-0.05, 0) is 26.1 Å². The summed E-state index contributed by atoms with van der Waals surface area (Å²) in [6.07, 6.45) is 0. The van der Waals surface area contributed by atoms with Crippen LogP contribution in [-0.4, -0.2) is 50.7 Å². The van der Waals surface area contributed by atoms with Crippen molar-refractivity contribution in [3.8, 4) is 0 Å². The van der Waals surface area contributed by atoms with Crippen molar-refractivity contribution in [2.75, 3.05) is 33.9 Å². The molecule has 1 aromatic heterocycles. The van der Waals surface area contributed by atoms with E-state index in [9.17, 15) is 9.59 Å². The number of hydrogen-bond acceptors (Lipinski definition) is 5. The van der Waals surface area contributed by atoms with Crippen LogP contribution in [0.4, 0.5) is 4.79 Å². The van der Waals surface area contributed by atoms with E-state index in [1.54, 1.807) is 11.9 Å². The molecule has 7 nitrogen and oxygen atoms in total. The molecular formula is C13H21N3O4. The Kier molecular flexibility index (Phi) is 6.75. The minimum Gasteiger partial charge on any atom is -0.465 e.